The molecule has 5 nitrogen and oxygen atoms in total. The molecule has 0 atom stereocenters. The van der Waals surface area contributed by atoms with Gasteiger partial charge in [0.15, 0.2) is 5.75 Å². The zero-order valence-corrected chi connectivity index (χ0v) is 16.4. The molecule has 4 rings (SSSR count). The highest BCUT2D eigenvalue weighted by Crippen LogP contribution is 2.36. The van der Waals surface area contributed by atoms with Crippen LogP contribution in [0, 0.1) is 0 Å². The Balaban J connectivity index is 1.49. The van der Waals surface area contributed by atoms with Crippen LogP contribution in [0.3, 0.4) is 0 Å². The Morgan fingerprint density at radius 1 is 0.967 bits per heavy atom. The van der Waals surface area contributed by atoms with Crippen LogP contribution in [-0.2, 0) is 0 Å². The number of halogens is 1. The highest BCUT2D eigenvalue weighted by Gasteiger charge is 2.15. The molecule has 1 aromatic heterocycles. The topological polar surface area (TPSA) is 72.6 Å². The van der Waals surface area contributed by atoms with Crippen LogP contribution in [0.4, 0.5) is 0 Å². The third-order valence-corrected chi connectivity index (χ3v) is 4.70. The Morgan fingerprint density at radius 3 is 2.50 bits per heavy atom. The number of benzene rings is 3. The van der Waals surface area contributed by atoms with Gasteiger partial charge in [-0.3, -0.25) is 0 Å². The number of ether oxygens (including phenoxy) is 1. The molecule has 0 fully saturated rings. The van der Waals surface area contributed by atoms with Crippen molar-refractivity contribution in [3.63, 3.8) is 0 Å². The zero-order valence-electron chi connectivity index (χ0n) is 15.7. The van der Waals surface area contributed by atoms with Gasteiger partial charge in [-0.1, -0.05) is 65.3 Å². The summed E-state index contributed by atoms with van der Waals surface area (Å²) < 4.78 is 11.2. The van der Waals surface area contributed by atoms with E-state index < -0.39 is 5.97 Å². The van der Waals surface area contributed by atoms with Gasteiger partial charge in [0.25, 0.3) is 0 Å². The smallest absolute Gasteiger partial charge is 0.335 e. The summed E-state index contributed by atoms with van der Waals surface area (Å²) in [5, 5.41) is 13.5. The number of hydrogen-bond donors (Lipinski definition) is 1. The molecule has 0 aliphatic rings. The Hall–Kier alpha value is -3.83. The van der Waals surface area contributed by atoms with Crippen LogP contribution in [-0.4, -0.2) is 16.2 Å². The van der Waals surface area contributed by atoms with Gasteiger partial charge in [0.1, 0.15) is 11.9 Å². The summed E-state index contributed by atoms with van der Waals surface area (Å²) in [7, 11) is 0. The largest absolute Gasteiger partial charge is 0.478 e. The summed E-state index contributed by atoms with van der Waals surface area (Å²) >= 11 is 6.24. The van der Waals surface area contributed by atoms with Gasteiger partial charge >= 0.3 is 5.97 Å². The lowest BCUT2D eigenvalue weighted by Gasteiger charge is -2.06. The van der Waals surface area contributed by atoms with E-state index in [2.05, 4.69) is 5.16 Å². The number of hydrogen-bond acceptors (Lipinski definition) is 4. The second-order valence-corrected chi connectivity index (χ2v) is 6.84. The van der Waals surface area contributed by atoms with Gasteiger partial charge in [0.2, 0.25) is 5.76 Å². The highest BCUT2D eigenvalue weighted by atomic mass is 35.5. The summed E-state index contributed by atoms with van der Waals surface area (Å²) in [5.74, 6) is 0.605. The van der Waals surface area contributed by atoms with Crippen molar-refractivity contribution in [1.82, 2.24) is 5.16 Å². The predicted octanol–water partition coefficient (Wildman–Crippen LogP) is 6.66. The van der Waals surface area contributed by atoms with Crippen LogP contribution in [0.25, 0.3) is 23.5 Å². The third kappa shape index (κ3) is 4.42. The van der Waals surface area contributed by atoms with E-state index in [0.717, 1.165) is 11.1 Å². The van der Waals surface area contributed by atoms with E-state index in [1.165, 1.54) is 6.20 Å². The van der Waals surface area contributed by atoms with Crippen molar-refractivity contribution < 1.29 is 19.2 Å². The molecule has 0 radical (unpaired) electrons. The lowest BCUT2D eigenvalue weighted by atomic mass is 10.1. The second-order valence-electron chi connectivity index (χ2n) is 6.43. The molecule has 1 heterocycles. The first-order valence-electron chi connectivity index (χ1n) is 9.09. The first-order chi connectivity index (χ1) is 14.6. The van der Waals surface area contributed by atoms with Crippen molar-refractivity contribution in [1.29, 1.82) is 0 Å². The summed E-state index contributed by atoms with van der Waals surface area (Å²) in [6.45, 7) is 0. The minimum atomic E-state index is -0.948. The van der Waals surface area contributed by atoms with Crippen molar-refractivity contribution in [3.8, 4) is 22.8 Å². The molecule has 0 saturated carbocycles. The van der Waals surface area contributed by atoms with Crippen LogP contribution in [0.2, 0.25) is 5.02 Å². The van der Waals surface area contributed by atoms with Gasteiger partial charge in [-0.05, 0) is 47.5 Å². The molecular formula is C24H16ClNO4. The van der Waals surface area contributed by atoms with Crippen molar-refractivity contribution in [3.05, 3.63) is 101 Å². The average molecular weight is 418 g/mol. The molecule has 0 saturated heterocycles. The number of rotatable bonds is 6. The van der Waals surface area contributed by atoms with E-state index in [9.17, 15) is 4.79 Å². The summed E-state index contributed by atoms with van der Waals surface area (Å²) in [4.78, 5) is 11.1. The molecule has 30 heavy (non-hydrogen) atoms. The van der Waals surface area contributed by atoms with Crippen molar-refractivity contribution >= 4 is 29.7 Å². The van der Waals surface area contributed by atoms with Gasteiger partial charge < -0.3 is 14.4 Å². The van der Waals surface area contributed by atoms with E-state index in [4.69, 9.17) is 26.0 Å². The Labute approximate surface area is 177 Å². The highest BCUT2D eigenvalue weighted by molar-refractivity contribution is 6.33. The Morgan fingerprint density at radius 2 is 1.73 bits per heavy atom. The summed E-state index contributed by atoms with van der Waals surface area (Å²) in [6.07, 6.45) is 5.26. The number of carboxylic acids is 1. The van der Waals surface area contributed by atoms with Gasteiger partial charge in [0, 0.05) is 5.56 Å². The Kier molecular flexibility index (Phi) is 5.63. The molecule has 4 aromatic rings. The fourth-order valence-corrected chi connectivity index (χ4v) is 3.09. The quantitative estimate of drug-likeness (QED) is 0.355. The minimum absolute atomic E-state index is 0.254. The SMILES string of the molecule is O=C(O)c1cccc(/C=C/c2ccc(Oc3cnoc3-c3ccccc3Cl)cc2)c1. The first-order valence-corrected chi connectivity index (χ1v) is 9.47. The van der Waals surface area contributed by atoms with Gasteiger partial charge in [-0.2, -0.15) is 0 Å². The van der Waals surface area contributed by atoms with Gasteiger partial charge in [-0.15, -0.1) is 0 Å². The number of aromatic nitrogens is 1. The molecule has 0 aliphatic heterocycles. The molecule has 1 N–H and O–H groups in total. The number of carboxylic acid groups (broad SMARTS) is 1. The van der Waals surface area contributed by atoms with E-state index in [1.807, 2.05) is 60.7 Å². The third-order valence-electron chi connectivity index (χ3n) is 4.37. The van der Waals surface area contributed by atoms with Crippen molar-refractivity contribution in [2.24, 2.45) is 0 Å². The molecule has 0 amide bonds. The van der Waals surface area contributed by atoms with E-state index in [0.29, 0.717) is 27.8 Å². The molecular weight excluding hydrogens is 402 g/mol. The molecule has 0 aliphatic carbocycles. The van der Waals surface area contributed by atoms with Gasteiger partial charge in [0.05, 0.1) is 10.6 Å². The maximum absolute atomic E-state index is 11.1. The first kappa shape index (κ1) is 19.5. The molecule has 6 heteroatoms. The van der Waals surface area contributed by atoms with Crippen LogP contribution in [0.15, 0.2) is 83.5 Å². The minimum Gasteiger partial charge on any atom is -0.478 e. The van der Waals surface area contributed by atoms with Crippen LogP contribution in [0.5, 0.6) is 11.5 Å². The number of carbonyl (C=O) groups is 1. The lowest BCUT2D eigenvalue weighted by Crippen LogP contribution is -1.95. The predicted molar refractivity (Wildman–Crippen MR) is 116 cm³/mol. The molecule has 148 valence electrons. The normalized spacial score (nSPS) is 11.0. The summed E-state index contributed by atoms with van der Waals surface area (Å²) in [6, 6.07) is 21.5. The lowest BCUT2D eigenvalue weighted by molar-refractivity contribution is 0.0697. The van der Waals surface area contributed by atoms with Crippen LogP contribution >= 0.6 is 11.6 Å². The van der Waals surface area contributed by atoms with E-state index >= 15 is 0 Å². The monoisotopic (exact) mass is 417 g/mol. The number of aromatic carboxylic acids is 1. The molecule has 0 unspecified atom stereocenters. The Bertz CT molecular complexity index is 1210. The molecule has 3 aromatic carbocycles. The second kappa shape index (κ2) is 8.68. The fraction of sp³-hybridized carbons (Fsp3) is 0. The maximum atomic E-state index is 11.1. The fourth-order valence-electron chi connectivity index (χ4n) is 2.87. The molecule has 0 bridgehead atoms. The standard InChI is InChI=1S/C24H16ClNO4/c25-21-7-2-1-6-20(21)23-22(15-26-30-23)29-19-12-10-16(11-13-19)8-9-17-4-3-5-18(14-17)24(27)28/h1-15H,(H,27,28)/b9-8+. The van der Waals surface area contributed by atoms with E-state index in [-0.39, 0.29) is 5.56 Å². The van der Waals surface area contributed by atoms with Gasteiger partial charge in [-0.25, -0.2) is 4.79 Å². The van der Waals surface area contributed by atoms with Crippen LogP contribution in [0.1, 0.15) is 21.5 Å². The van der Waals surface area contributed by atoms with Crippen molar-refractivity contribution in [2.75, 3.05) is 0 Å². The molecule has 0 spiro atoms. The maximum Gasteiger partial charge on any atom is 0.335 e. The average Bonchev–Trinajstić information content (AvgIpc) is 3.21. The zero-order chi connectivity index (χ0) is 20.9. The van der Waals surface area contributed by atoms with Crippen molar-refractivity contribution in [2.45, 2.75) is 0 Å². The van der Waals surface area contributed by atoms with E-state index in [1.54, 1.807) is 24.3 Å². The number of nitrogens with zero attached hydrogens (tertiary/aromatic N) is 1. The summed E-state index contributed by atoms with van der Waals surface area (Å²) in [5.41, 5.74) is 2.71. The van der Waals surface area contributed by atoms with Crippen LogP contribution < -0.4 is 4.74 Å².